The summed E-state index contributed by atoms with van der Waals surface area (Å²) < 4.78 is 1.10. The van der Waals surface area contributed by atoms with E-state index in [1.165, 1.54) is 4.90 Å². The molecule has 0 heterocycles. The molecule has 4 heteroatoms. The lowest BCUT2D eigenvalue weighted by molar-refractivity contribution is -0.137. The molecule has 0 fully saturated rings. The Kier molecular flexibility index (Phi) is 6.57. The number of hydrogen-bond acceptors (Lipinski definition) is 2. The van der Waals surface area contributed by atoms with Crippen LogP contribution in [0.3, 0.4) is 0 Å². The van der Waals surface area contributed by atoms with E-state index in [9.17, 15) is 4.79 Å². The summed E-state index contributed by atoms with van der Waals surface area (Å²) in [5.41, 5.74) is 0. The average molecular weight is 303 g/mol. The molecule has 1 aromatic carbocycles. The minimum atomic E-state index is -0.694. The topological polar surface area (TPSA) is 37.3 Å². The lowest BCUT2D eigenvalue weighted by atomic mass is 10.2. The first-order chi connectivity index (χ1) is 7.68. The smallest absolute Gasteiger partial charge is 0.303 e. The predicted molar refractivity (Wildman–Crippen MR) is 71.0 cm³/mol. The van der Waals surface area contributed by atoms with Gasteiger partial charge in [0.15, 0.2) is 0 Å². The quantitative estimate of drug-likeness (QED) is 0.606. The number of hydrogen-bond donors (Lipinski definition) is 1. The zero-order valence-electron chi connectivity index (χ0n) is 8.99. The van der Waals surface area contributed by atoms with Crippen LogP contribution in [0.25, 0.3) is 0 Å². The molecule has 1 aromatic rings. The summed E-state index contributed by atoms with van der Waals surface area (Å²) in [6, 6.07) is 8.25. The first-order valence-electron chi connectivity index (χ1n) is 5.28. The van der Waals surface area contributed by atoms with Crippen molar-refractivity contribution in [2.75, 3.05) is 5.75 Å². The molecule has 2 nitrogen and oxygen atoms in total. The molecule has 0 aliphatic rings. The number of thioether (sulfide) groups is 1. The maximum Gasteiger partial charge on any atom is 0.303 e. The van der Waals surface area contributed by atoms with Crippen LogP contribution in [0.2, 0.25) is 0 Å². The molecule has 0 aliphatic carbocycles. The number of halogens is 1. The minimum absolute atomic E-state index is 0.295. The van der Waals surface area contributed by atoms with E-state index >= 15 is 0 Å². The monoisotopic (exact) mass is 302 g/mol. The number of aliphatic carboxylic acids is 1. The number of carbonyl (C=O) groups is 1. The normalized spacial score (nSPS) is 10.3. The second-order valence-electron chi connectivity index (χ2n) is 3.51. The molecular formula is C12H15BrO2S. The molecule has 0 spiro atoms. The summed E-state index contributed by atoms with van der Waals surface area (Å²) in [5.74, 6) is 0.363. The van der Waals surface area contributed by atoms with Crippen LogP contribution in [0.1, 0.15) is 25.7 Å². The third kappa shape index (κ3) is 6.18. The fraction of sp³-hybridized carbons (Fsp3) is 0.417. The van der Waals surface area contributed by atoms with Gasteiger partial charge in [0.05, 0.1) is 0 Å². The standard InChI is InChI=1S/C12H15BrO2S/c13-10-5-7-11(8-6-10)16-9-3-1-2-4-12(14)15/h5-8H,1-4,9H2,(H,14,15). The Morgan fingerprint density at radius 3 is 2.50 bits per heavy atom. The molecule has 1 rings (SSSR count). The highest BCUT2D eigenvalue weighted by atomic mass is 79.9. The van der Waals surface area contributed by atoms with E-state index in [4.69, 9.17) is 5.11 Å². The maximum absolute atomic E-state index is 10.3. The van der Waals surface area contributed by atoms with Gasteiger partial charge in [-0.25, -0.2) is 0 Å². The third-order valence-electron chi connectivity index (χ3n) is 2.12. The van der Waals surface area contributed by atoms with Crippen LogP contribution in [-0.2, 0) is 4.79 Å². The lowest BCUT2D eigenvalue weighted by Crippen LogP contribution is -1.93. The van der Waals surface area contributed by atoms with Crippen molar-refractivity contribution in [1.82, 2.24) is 0 Å². The Hall–Kier alpha value is -0.480. The van der Waals surface area contributed by atoms with Crippen molar-refractivity contribution in [1.29, 1.82) is 0 Å². The number of benzene rings is 1. The second-order valence-corrected chi connectivity index (χ2v) is 5.59. The van der Waals surface area contributed by atoms with Gasteiger partial charge in [-0.2, -0.15) is 0 Å². The maximum atomic E-state index is 10.3. The van der Waals surface area contributed by atoms with Gasteiger partial charge < -0.3 is 5.11 Å². The zero-order chi connectivity index (χ0) is 11.8. The molecule has 0 aliphatic heterocycles. The molecule has 16 heavy (non-hydrogen) atoms. The fourth-order valence-corrected chi connectivity index (χ4v) is 2.45. The van der Waals surface area contributed by atoms with Crippen molar-refractivity contribution >= 4 is 33.7 Å². The molecule has 1 N–H and O–H groups in total. The summed E-state index contributed by atoms with van der Waals surface area (Å²) in [5, 5.41) is 8.46. The molecule has 0 radical (unpaired) electrons. The lowest BCUT2D eigenvalue weighted by Gasteiger charge is -2.01. The Balaban J connectivity index is 2.07. The first-order valence-corrected chi connectivity index (χ1v) is 7.06. The van der Waals surface area contributed by atoms with Crippen LogP contribution >= 0.6 is 27.7 Å². The van der Waals surface area contributed by atoms with E-state index in [2.05, 4.69) is 28.1 Å². The molecule has 0 bridgehead atoms. The van der Waals surface area contributed by atoms with Crippen LogP contribution in [0, 0.1) is 0 Å². The van der Waals surface area contributed by atoms with Crippen molar-refractivity contribution in [2.24, 2.45) is 0 Å². The molecule has 0 saturated carbocycles. The van der Waals surface area contributed by atoms with Crippen molar-refractivity contribution in [3.8, 4) is 0 Å². The van der Waals surface area contributed by atoms with Crippen LogP contribution in [0.4, 0.5) is 0 Å². The SMILES string of the molecule is O=C(O)CCCCCSc1ccc(Br)cc1. The highest BCUT2D eigenvalue weighted by molar-refractivity contribution is 9.10. The molecular weight excluding hydrogens is 288 g/mol. The molecule has 0 atom stereocenters. The summed E-state index contributed by atoms with van der Waals surface area (Å²) in [6.45, 7) is 0. The van der Waals surface area contributed by atoms with Gasteiger partial charge in [-0.3, -0.25) is 4.79 Å². The van der Waals surface area contributed by atoms with Crippen LogP contribution in [0.15, 0.2) is 33.6 Å². The Morgan fingerprint density at radius 2 is 1.88 bits per heavy atom. The molecule has 0 unspecified atom stereocenters. The fourth-order valence-electron chi connectivity index (χ4n) is 1.28. The van der Waals surface area contributed by atoms with E-state index in [1.54, 1.807) is 0 Å². The van der Waals surface area contributed by atoms with Crippen LogP contribution in [-0.4, -0.2) is 16.8 Å². The molecule has 88 valence electrons. The van der Waals surface area contributed by atoms with Gasteiger partial charge in [-0.15, -0.1) is 11.8 Å². The van der Waals surface area contributed by atoms with Crippen molar-refractivity contribution < 1.29 is 9.90 Å². The summed E-state index contributed by atoms with van der Waals surface area (Å²) in [4.78, 5) is 11.5. The Morgan fingerprint density at radius 1 is 1.19 bits per heavy atom. The van der Waals surface area contributed by atoms with Crippen LogP contribution < -0.4 is 0 Å². The van der Waals surface area contributed by atoms with E-state index in [0.717, 1.165) is 29.5 Å². The largest absolute Gasteiger partial charge is 0.481 e. The van der Waals surface area contributed by atoms with Gasteiger partial charge in [0.2, 0.25) is 0 Å². The second kappa shape index (κ2) is 7.74. The van der Waals surface area contributed by atoms with Gasteiger partial charge in [0.1, 0.15) is 0 Å². The average Bonchev–Trinajstić information content (AvgIpc) is 2.25. The van der Waals surface area contributed by atoms with Gasteiger partial charge in [0, 0.05) is 15.8 Å². The molecule has 0 aromatic heterocycles. The van der Waals surface area contributed by atoms with E-state index in [0.29, 0.717) is 6.42 Å². The Labute approximate surface area is 109 Å². The minimum Gasteiger partial charge on any atom is -0.481 e. The Bertz CT molecular complexity index is 324. The van der Waals surface area contributed by atoms with Gasteiger partial charge in [0.25, 0.3) is 0 Å². The number of carboxylic acid groups (broad SMARTS) is 1. The van der Waals surface area contributed by atoms with Crippen molar-refractivity contribution in [3.63, 3.8) is 0 Å². The van der Waals surface area contributed by atoms with Gasteiger partial charge in [-0.05, 0) is 42.9 Å². The van der Waals surface area contributed by atoms with Crippen LogP contribution in [0.5, 0.6) is 0 Å². The third-order valence-corrected chi connectivity index (χ3v) is 3.74. The molecule has 0 saturated heterocycles. The zero-order valence-corrected chi connectivity index (χ0v) is 11.4. The van der Waals surface area contributed by atoms with Gasteiger partial charge in [-0.1, -0.05) is 22.4 Å². The predicted octanol–water partition coefficient (Wildman–Crippen LogP) is 4.19. The summed E-state index contributed by atoms with van der Waals surface area (Å²) in [7, 11) is 0. The summed E-state index contributed by atoms with van der Waals surface area (Å²) in [6.07, 6.45) is 3.16. The van der Waals surface area contributed by atoms with E-state index < -0.39 is 5.97 Å². The highest BCUT2D eigenvalue weighted by Gasteiger charge is 1.97. The number of carboxylic acids is 1. The number of unbranched alkanes of at least 4 members (excludes halogenated alkanes) is 2. The highest BCUT2D eigenvalue weighted by Crippen LogP contribution is 2.21. The van der Waals surface area contributed by atoms with Crippen molar-refractivity contribution in [3.05, 3.63) is 28.7 Å². The number of rotatable bonds is 7. The molecule has 0 amide bonds. The van der Waals surface area contributed by atoms with E-state index in [1.807, 2.05) is 23.9 Å². The summed E-state index contributed by atoms with van der Waals surface area (Å²) >= 11 is 5.22. The van der Waals surface area contributed by atoms with Crippen molar-refractivity contribution in [2.45, 2.75) is 30.6 Å². The van der Waals surface area contributed by atoms with E-state index in [-0.39, 0.29) is 0 Å². The van der Waals surface area contributed by atoms with Gasteiger partial charge >= 0.3 is 5.97 Å². The first kappa shape index (κ1) is 13.6.